The van der Waals surface area contributed by atoms with Crippen LogP contribution in [-0.2, 0) is 20.9 Å². The number of amides is 2. The number of likely N-dealkylation sites (tertiary alicyclic amines) is 1. The Kier molecular flexibility index (Phi) is 7.05. The monoisotopic (exact) mass is 350 g/mol. The number of carbonyl (C=O) groups is 2. The van der Waals surface area contributed by atoms with Crippen molar-refractivity contribution in [3.05, 3.63) is 24.2 Å². The number of ether oxygens (including phenoxy) is 1. The van der Waals surface area contributed by atoms with E-state index < -0.39 is 5.41 Å². The molecule has 0 bridgehead atoms. The van der Waals surface area contributed by atoms with Crippen LogP contribution in [0, 0.1) is 11.3 Å². The molecular weight excluding hydrogens is 320 g/mol. The molecule has 6 heteroatoms. The van der Waals surface area contributed by atoms with E-state index in [1.807, 2.05) is 37.8 Å². The number of rotatable bonds is 7. The van der Waals surface area contributed by atoms with Gasteiger partial charge in [0, 0.05) is 31.7 Å². The first kappa shape index (κ1) is 19.5. The van der Waals surface area contributed by atoms with Gasteiger partial charge in [-0.3, -0.25) is 9.59 Å². The first-order valence-electron chi connectivity index (χ1n) is 9.05. The fourth-order valence-corrected chi connectivity index (χ4v) is 2.95. The maximum Gasteiger partial charge on any atom is 0.227 e. The molecule has 0 spiro atoms. The number of furan rings is 1. The second-order valence-electron chi connectivity index (χ2n) is 7.62. The predicted octanol–water partition coefficient (Wildman–Crippen LogP) is 2.59. The molecule has 1 aliphatic rings. The third-order valence-corrected chi connectivity index (χ3v) is 4.31. The zero-order valence-corrected chi connectivity index (χ0v) is 15.5. The fourth-order valence-electron chi connectivity index (χ4n) is 2.95. The Labute approximate surface area is 149 Å². The lowest BCUT2D eigenvalue weighted by atomic mass is 9.91. The van der Waals surface area contributed by atoms with Gasteiger partial charge in [0.1, 0.15) is 12.4 Å². The molecule has 1 aliphatic heterocycles. The molecule has 2 amide bonds. The van der Waals surface area contributed by atoms with E-state index in [4.69, 9.17) is 9.15 Å². The van der Waals surface area contributed by atoms with Crippen LogP contribution in [0.5, 0.6) is 0 Å². The Morgan fingerprint density at radius 1 is 1.40 bits per heavy atom. The smallest absolute Gasteiger partial charge is 0.227 e. The molecule has 1 aromatic rings. The highest BCUT2D eigenvalue weighted by Gasteiger charge is 2.33. The highest BCUT2D eigenvalue weighted by molar-refractivity contribution is 5.83. The van der Waals surface area contributed by atoms with Gasteiger partial charge in [0.15, 0.2) is 0 Å². The minimum Gasteiger partial charge on any atom is -0.467 e. The SMILES string of the molecule is CC(C)(C)C(=O)N1CCCC(C(=O)NCCCOCc2ccco2)C1. The Morgan fingerprint density at radius 2 is 2.20 bits per heavy atom. The second kappa shape index (κ2) is 9.04. The molecule has 1 saturated heterocycles. The van der Waals surface area contributed by atoms with Crippen molar-refractivity contribution in [3.8, 4) is 0 Å². The van der Waals surface area contributed by atoms with E-state index in [1.54, 1.807) is 6.26 Å². The quantitative estimate of drug-likeness (QED) is 0.767. The molecule has 0 aromatic carbocycles. The number of nitrogens with zero attached hydrogens (tertiary/aromatic N) is 1. The van der Waals surface area contributed by atoms with Crippen molar-refractivity contribution in [2.45, 2.75) is 46.6 Å². The van der Waals surface area contributed by atoms with Gasteiger partial charge in [0.05, 0.1) is 12.2 Å². The van der Waals surface area contributed by atoms with Gasteiger partial charge >= 0.3 is 0 Å². The standard InChI is InChI=1S/C19H30N2O4/c1-19(2,3)18(23)21-10-4-7-15(13-21)17(22)20-9-6-11-24-14-16-8-5-12-25-16/h5,8,12,15H,4,6-7,9-11,13-14H2,1-3H3,(H,20,22). The van der Waals surface area contributed by atoms with E-state index in [0.717, 1.165) is 31.6 Å². The van der Waals surface area contributed by atoms with Crippen molar-refractivity contribution in [2.24, 2.45) is 11.3 Å². The van der Waals surface area contributed by atoms with Crippen LogP contribution in [0.1, 0.15) is 45.8 Å². The molecule has 0 radical (unpaired) electrons. The molecule has 1 N–H and O–H groups in total. The van der Waals surface area contributed by atoms with E-state index in [1.165, 1.54) is 0 Å². The molecule has 2 heterocycles. The summed E-state index contributed by atoms with van der Waals surface area (Å²) in [5.41, 5.74) is -0.399. The molecule has 1 atom stereocenters. The van der Waals surface area contributed by atoms with Crippen LogP contribution >= 0.6 is 0 Å². The first-order chi connectivity index (χ1) is 11.9. The summed E-state index contributed by atoms with van der Waals surface area (Å²) < 4.78 is 10.7. The van der Waals surface area contributed by atoms with Gasteiger partial charge in [-0.15, -0.1) is 0 Å². The predicted molar refractivity (Wildman–Crippen MR) is 94.7 cm³/mol. The van der Waals surface area contributed by atoms with Gasteiger partial charge < -0.3 is 19.4 Å². The minimum atomic E-state index is -0.399. The van der Waals surface area contributed by atoms with E-state index in [0.29, 0.717) is 26.3 Å². The van der Waals surface area contributed by atoms with Gasteiger partial charge in [0.2, 0.25) is 11.8 Å². The Balaban J connectivity index is 1.63. The minimum absolute atomic E-state index is 0.0393. The summed E-state index contributed by atoms with van der Waals surface area (Å²) in [4.78, 5) is 26.6. The molecular formula is C19H30N2O4. The van der Waals surface area contributed by atoms with Crippen molar-refractivity contribution < 1.29 is 18.7 Å². The Hall–Kier alpha value is -1.82. The molecule has 1 aromatic heterocycles. The number of carbonyl (C=O) groups excluding carboxylic acids is 2. The number of hydrogen-bond acceptors (Lipinski definition) is 4. The lowest BCUT2D eigenvalue weighted by Crippen LogP contribution is -2.48. The normalized spacial score (nSPS) is 18.2. The van der Waals surface area contributed by atoms with Crippen molar-refractivity contribution >= 4 is 11.8 Å². The van der Waals surface area contributed by atoms with Gasteiger partial charge in [-0.2, -0.15) is 0 Å². The molecule has 6 nitrogen and oxygen atoms in total. The molecule has 0 aliphatic carbocycles. The summed E-state index contributed by atoms with van der Waals surface area (Å²) in [7, 11) is 0. The van der Waals surface area contributed by atoms with E-state index in [-0.39, 0.29) is 17.7 Å². The highest BCUT2D eigenvalue weighted by Crippen LogP contribution is 2.23. The van der Waals surface area contributed by atoms with Crippen molar-refractivity contribution in [1.82, 2.24) is 10.2 Å². The molecule has 140 valence electrons. The molecule has 1 unspecified atom stereocenters. The maximum atomic E-state index is 12.4. The van der Waals surface area contributed by atoms with E-state index >= 15 is 0 Å². The van der Waals surface area contributed by atoms with Crippen LogP contribution in [0.2, 0.25) is 0 Å². The zero-order valence-electron chi connectivity index (χ0n) is 15.5. The third kappa shape index (κ3) is 6.20. The molecule has 1 fully saturated rings. The second-order valence-corrected chi connectivity index (χ2v) is 7.62. The summed E-state index contributed by atoms with van der Waals surface area (Å²) in [6, 6.07) is 3.70. The Bertz CT molecular complexity index is 548. The van der Waals surface area contributed by atoms with Crippen LogP contribution in [0.25, 0.3) is 0 Å². The van der Waals surface area contributed by atoms with Gasteiger partial charge in [-0.05, 0) is 31.4 Å². The van der Waals surface area contributed by atoms with Crippen molar-refractivity contribution in [1.29, 1.82) is 0 Å². The van der Waals surface area contributed by atoms with Gasteiger partial charge in [0.25, 0.3) is 0 Å². The van der Waals surface area contributed by atoms with Crippen molar-refractivity contribution in [3.63, 3.8) is 0 Å². The third-order valence-electron chi connectivity index (χ3n) is 4.31. The van der Waals surface area contributed by atoms with Crippen LogP contribution in [-0.4, -0.2) is 43.0 Å². The topological polar surface area (TPSA) is 71.8 Å². The maximum absolute atomic E-state index is 12.4. The highest BCUT2D eigenvalue weighted by atomic mass is 16.5. The van der Waals surface area contributed by atoms with Crippen LogP contribution in [0.4, 0.5) is 0 Å². The van der Waals surface area contributed by atoms with Gasteiger partial charge in [-0.25, -0.2) is 0 Å². The lowest BCUT2D eigenvalue weighted by molar-refractivity contribution is -0.142. The molecule has 2 rings (SSSR count). The summed E-state index contributed by atoms with van der Waals surface area (Å²) in [5, 5.41) is 2.96. The van der Waals surface area contributed by atoms with Crippen LogP contribution < -0.4 is 5.32 Å². The molecule has 25 heavy (non-hydrogen) atoms. The Morgan fingerprint density at radius 3 is 2.88 bits per heavy atom. The zero-order chi connectivity index (χ0) is 18.3. The number of piperidine rings is 1. The average Bonchev–Trinajstić information content (AvgIpc) is 3.09. The summed E-state index contributed by atoms with van der Waals surface area (Å²) in [5.74, 6) is 0.854. The number of hydrogen-bond donors (Lipinski definition) is 1. The largest absolute Gasteiger partial charge is 0.467 e. The summed E-state index contributed by atoms with van der Waals surface area (Å²) in [6.07, 6.45) is 4.10. The van der Waals surface area contributed by atoms with E-state index in [2.05, 4.69) is 5.32 Å². The summed E-state index contributed by atoms with van der Waals surface area (Å²) >= 11 is 0. The van der Waals surface area contributed by atoms with Crippen LogP contribution in [0.15, 0.2) is 22.8 Å². The number of nitrogens with one attached hydrogen (secondary N) is 1. The summed E-state index contributed by atoms with van der Waals surface area (Å²) in [6.45, 7) is 8.64. The fraction of sp³-hybridized carbons (Fsp3) is 0.684. The average molecular weight is 350 g/mol. The first-order valence-corrected chi connectivity index (χ1v) is 9.05. The lowest BCUT2D eigenvalue weighted by Gasteiger charge is -2.35. The van der Waals surface area contributed by atoms with Crippen LogP contribution in [0.3, 0.4) is 0 Å². The molecule has 0 saturated carbocycles. The van der Waals surface area contributed by atoms with Gasteiger partial charge in [-0.1, -0.05) is 20.8 Å². The van der Waals surface area contributed by atoms with Crippen molar-refractivity contribution in [2.75, 3.05) is 26.2 Å². The van der Waals surface area contributed by atoms with E-state index in [9.17, 15) is 9.59 Å².